The molecule has 0 spiro atoms. The van der Waals surface area contributed by atoms with Gasteiger partial charge < -0.3 is 9.22 Å². The molecule has 2 aliphatic rings. The fourth-order valence-electron chi connectivity index (χ4n) is 5.58. The Labute approximate surface area is 138 Å². The van der Waals surface area contributed by atoms with Gasteiger partial charge in [0.1, 0.15) is 6.29 Å². The van der Waals surface area contributed by atoms with Crippen molar-refractivity contribution >= 4 is 14.6 Å². The minimum absolute atomic E-state index is 0.208. The van der Waals surface area contributed by atoms with Crippen LogP contribution in [0.15, 0.2) is 0 Å². The summed E-state index contributed by atoms with van der Waals surface area (Å²) in [5.74, 6) is 1.46. The third kappa shape index (κ3) is 3.08. The molecule has 0 aromatic heterocycles. The molecule has 0 aliphatic heterocycles. The Bertz CT molecular complexity index is 371. The topological polar surface area (TPSA) is 26.3 Å². The first kappa shape index (κ1) is 18.2. The van der Waals surface area contributed by atoms with Crippen LogP contribution >= 0.6 is 0 Å². The molecule has 22 heavy (non-hydrogen) atoms. The van der Waals surface area contributed by atoms with Crippen LogP contribution in [0.4, 0.5) is 0 Å². The molecule has 2 nitrogen and oxygen atoms in total. The van der Waals surface area contributed by atoms with Crippen LogP contribution in [0.2, 0.25) is 18.1 Å². The first-order chi connectivity index (χ1) is 10.5. The molecule has 5 atom stereocenters. The zero-order chi connectivity index (χ0) is 16.4. The van der Waals surface area contributed by atoms with Crippen molar-refractivity contribution in [2.24, 2.45) is 23.2 Å². The van der Waals surface area contributed by atoms with Gasteiger partial charge in [0, 0.05) is 12.0 Å². The minimum Gasteiger partial charge on any atom is -0.414 e. The van der Waals surface area contributed by atoms with E-state index in [9.17, 15) is 4.79 Å². The highest BCUT2D eigenvalue weighted by Crippen LogP contribution is 2.58. The normalized spacial score (nSPS) is 36.9. The van der Waals surface area contributed by atoms with Crippen molar-refractivity contribution in [1.82, 2.24) is 0 Å². The second-order valence-corrected chi connectivity index (χ2v) is 12.8. The number of hydrogen-bond acceptors (Lipinski definition) is 2. The maximum atomic E-state index is 11.3. The summed E-state index contributed by atoms with van der Waals surface area (Å²) >= 11 is 0. The van der Waals surface area contributed by atoms with E-state index in [0.717, 1.165) is 0 Å². The molecule has 0 heterocycles. The summed E-state index contributed by atoms with van der Waals surface area (Å²) in [6.07, 6.45) is 7.96. The van der Waals surface area contributed by atoms with Crippen LogP contribution in [0.25, 0.3) is 0 Å². The maximum absolute atomic E-state index is 11.3. The lowest BCUT2D eigenvalue weighted by atomic mass is 9.62. The van der Waals surface area contributed by atoms with E-state index < -0.39 is 8.32 Å². The lowest BCUT2D eigenvalue weighted by molar-refractivity contribution is -0.114. The van der Waals surface area contributed by atoms with Crippen LogP contribution in [-0.2, 0) is 9.22 Å². The van der Waals surface area contributed by atoms with Crippen molar-refractivity contribution in [1.29, 1.82) is 0 Å². The molecule has 0 aromatic rings. The summed E-state index contributed by atoms with van der Waals surface area (Å²) < 4.78 is 6.92. The van der Waals surface area contributed by atoms with Gasteiger partial charge >= 0.3 is 0 Å². The van der Waals surface area contributed by atoms with E-state index in [4.69, 9.17) is 4.43 Å². The largest absolute Gasteiger partial charge is 0.414 e. The average molecular weight is 325 g/mol. The lowest BCUT2D eigenvalue weighted by Gasteiger charge is -2.48. The fraction of sp³-hybridized carbons (Fsp3) is 0.947. The molecular weight excluding hydrogens is 288 g/mol. The molecule has 1 unspecified atom stereocenters. The highest BCUT2D eigenvalue weighted by Gasteiger charge is 2.53. The van der Waals surface area contributed by atoms with Crippen LogP contribution in [0, 0.1) is 23.2 Å². The van der Waals surface area contributed by atoms with Gasteiger partial charge in [0.05, 0.1) is 0 Å². The van der Waals surface area contributed by atoms with Gasteiger partial charge in [-0.2, -0.15) is 0 Å². The summed E-state index contributed by atoms with van der Waals surface area (Å²) in [4.78, 5) is 11.3. The van der Waals surface area contributed by atoms with E-state index in [0.29, 0.717) is 23.4 Å². The summed E-state index contributed by atoms with van der Waals surface area (Å²) in [5, 5.41) is 0. The Kier molecular flexibility index (Phi) is 5.93. The molecule has 2 fully saturated rings. The van der Waals surface area contributed by atoms with Crippen molar-refractivity contribution in [3.63, 3.8) is 0 Å². The number of aldehydes is 1. The fourth-order valence-corrected chi connectivity index (χ4v) is 8.51. The quantitative estimate of drug-likeness (QED) is 0.461. The first-order valence-corrected chi connectivity index (χ1v) is 12.1. The molecule has 0 amide bonds. The molecule has 0 saturated heterocycles. The molecule has 0 radical (unpaired) electrons. The van der Waals surface area contributed by atoms with Gasteiger partial charge in [-0.1, -0.05) is 41.0 Å². The summed E-state index contributed by atoms with van der Waals surface area (Å²) in [6, 6.07) is 3.73. The number of carbonyl (C=O) groups is 1. The zero-order valence-corrected chi connectivity index (χ0v) is 16.4. The SMILES string of the molecule is CC[Si](CC)(CC)O[C@H]1CCCC2(C)[C@@H]([C@H](C)C=O)CC[C@@H]12. The summed E-state index contributed by atoms with van der Waals surface area (Å²) in [6.45, 7) is 11.6. The first-order valence-electron chi connectivity index (χ1n) is 9.59. The molecule has 2 saturated carbocycles. The van der Waals surface area contributed by atoms with Gasteiger partial charge in [0.15, 0.2) is 8.32 Å². The predicted octanol–water partition coefficient (Wildman–Crippen LogP) is 5.43. The van der Waals surface area contributed by atoms with Crippen molar-refractivity contribution in [3.8, 4) is 0 Å². The van der Waals surface area contributed by atoms with Gasteiger partial charge in [-0.15, -0.1) is 0 Å². The number of fused-ring (bicyclic) bond motifs is 1. The van der Waals surface area contributed by atoms with Gasteiger partial charge in [-0.25, -0.2) is 0 Å². The highest BCUT2D eigenvalue weighted by molar-refractivity contribution is 6.73. The van der Waals surface area contributed by atoms with E-state index in [2.05, 4.69) is 34.6 Å². The van der Waals surface area contributed by atoms with Gasteiger partial charge in [0.2, 0.25) is 0 Å². The third-order valence-corrected chi connectivity index (χ3v) is 12.0. The molecule has 0 aromatic carbocycles. The second-order valence-electron chi connectivity index (χ2n) is 8.08. The van der Waals surface area contributed by atoms with E-state index in [1.165, 1.54) is 56.5 Å². The van der Waals surface area contributed by atoms with E-state index in [1.54, 1.807) is 0 Å². The van der Waals surface area contributed by atoms with Crippen LogP contribution in [-0.4, -0.2) is 20.7 Å². The predicted molar refractivity (Wildman–Crippen MR) is 95.5 cm³/mol. The van der Waals surface area contributed by atoms with Gasteiger partial charge in [-0.3, -0.25) is 0 Å². The Morgan fingerprint density at radius 2 is 1.82 bits per heavy atom. The molecular formula is C19H36O2Si. The van der Waals surface area contributed by atoms with Crippen LogP contribution in [0.3, 0.4) is 0 Å². The van der Waals surface area contributed by atoms with Gasteiger partial charge in [-0.05, 0) is 61.1 Å². The van der Waals surface area contributed by atoms with Crippen LogP contribution in [0.5, 0.6) is 0 Å². The Morgan fingerprint density at radius 3 is 2.36 bits per heavy atom. The van der Waals surface area contributed by atoms with Crippen molar-refractivity contribution in [3.05, 3.63) is 0 Å². The second kappa shape index (κ2) is 7.17. The molecule has 3 heteroatoms. The third-order valence-electron chi connectivity index (χ3n) is 7.32. The maximum Gasteiger partial charge on any atom is 0.192 e. The lowest BCUT2D eigenvalue weighted by Crippen LogP contribution is -2.48. The van der Waals surface area contributed by atoms with E-state index in [1.807, 2.05) is 0 Å². The Balaban J connectivity index is 2.17. The number of rotatable bonds is 7. The zero-order valence-electron chi connectivity index (χ0n) is 15.4. The number of hydrogen-bond donors (Lipinski definition) is 0. The Morgan fingerprint density at radius 1 is 1.18 bits per heavy atom. The van der Waals surface area contributed by atoms with Crippen LogP contribution in [0.1, 0.15) is 66.7 Å². The van der Waals surface area contributed by atoms with Crippen molar-refractivity contribution in [2.75, 3.05) is 0 Å². The van der Waals surface area contributed by atoms with E-state index in [-0.39, 0.29) is 5.92 Å². The van der Waals surface area contributed by atoms with E-state index >= 15 is 0 Å². The molecule has 2 rings (SSSR count). The van der Waals surface area contributed by atoms with Crippen molar-refractivity contribution in [2.45, 2.75) is 91.0 Å². The highest BCUT2D eigenvalue weighted by atomic mass is 28.4. The van der Waals surface area contributed by atoms with Crippen molar-refractivity contribution < 1.29 is 9.22 Å². The molecule has 0 bridgehead atoms. The number of carbonyl (C=O) groups excluding carboxylic acids is 1. The molecule has 0 N–H and O–H groups in total. The minimum atomic E-state index is -1.52. The molecule has 2 aliphatic carbocycles. The smallest absolute Gasteiger partial charge is 0.192 e. The molecule has 128 valence electrons. The summed E-state index contributed by atoms with van der Waals surface area (Å²) in [5.41, 5.74) is 0.332. The standard InChI is InChI=1S/C19H36O2Si/c1-6-22(7-2,8-3)21-18-10-9-13-19(5)16(15(4)14-20)11-12-17(18)19/h14-18H,6-13H2,1-5H3/t15-,16-,17+,18+,19?/m1/s1. The summed E-state index contributed by atoms with van der Waals surface area (Å²) in [7, 11) is -1.52. The average Bonchev–Trinajstić information content (AvgIpc) is 2.90. The Hall–Kier alpha value is -0.153. The van der Waals surface area contributed by atoms with Gasteiger partial charge in [0.25, 0.3) is 0 Å². The monoisotopic (exact) mass is 324 g/mol. The van der Waals surface area contributed by atoms with Crippen LogP contribution < -0.4 is 0 Å².